The number of carbonyl (C=O) groups excluding carboxylic acids is 1. The van der Waals surface area contributed by atoms with Gasteiger partial charge in [-0.25, -0.2) is 9.97 Å². The van der Waals surface area contributed by atoms with Gasteiger partial charge in [0.25, 0.3) is 5.91 Å². The summed E-state index contributed by atoms with van der Waals surface area (Å²) in [6, 6.07) is 5.96. The maximum atomic E-state index is 11.9. The zero-order valence-electron chi connectivity index (χ0n) is 9.62. The van der Waals surface area contributed by atoms with E-state index in [2.05, 4.69) is 15.3 Å². The summed E-state index contributed by atoms with van der Waals surface area (Å²) < 4.78 is 4.92. The number of amides is 1. The van der Waals surface area contributed by atoms with Gasteiger partial charge in [0.15, 0.2) is 11.5 Å². The van der Waals surface area contributed by atoms with Crippen molar-refractivity contribution in [3.8, 4) is 11.5 Å². The van der Waals surface area contributed by atoms with Crippen LogP contribution in [0.5, 0.6) is 11.5 Å². The summed E-state index contributed by atoms with van der Waals surface area (Å²) in [6.07, 6.45) is 3.06. The number of phenolic OH excluding ortho intramolecular Hbond substituents is 1. The highest BCUT2D eigenvalue weighted by molar-refractivity contribution is 6.03. The topological polar surface area (TPSA) is 84.3 Å². The molecule has 6 heteroatoms. The molecule has 0 fully saturated rings. The Morgan fingerprint density at radius 2 is 2.06 bits per heavy atom. The van der Waals surface area contributed by atoms with E-state index < -0.39 is 0 Å². The number of nitrogens with one attached hydrogen (secondary N) is 1. The number of aromatic nitrogens is 2. The molecular formula is C12H11N3O3. The minimum absolute atomic E-state index is 0.0231. The molecule has 0 bridgehead atoms. The molecule has 1 aromatic carbocycles. The average Bonchev–Trinajstić information content (AvgIpc) is 2.40. The van der Waals surface area contributed by atoms with Crippen LogP contribution in [0.2, 0.25) is 0 Å². The molecule has 0 radical (unpaired) electrons. The molecule has 92 valence electrons. The smallest absolute Gasteiger partial charge is 0.258 e. The normalized spacial score (nSPS) is 9.83. The first-order valence-corrected chi connectivity index (χ1v) is 5.16. The molecule has 0 spiro atoms. The van der Waals surface area contributed by atoms with E-state index in [0.29, 0.717) is 5.56 Å². The molecular weight excluding hydrogens is 234 g/mol. The molecule has 0 aliphatic rings. The Hall–Kier alpha value is -2.63. The van der Waals surface area contributed by atoms with Crippen molar-refractivity contribution in [2.24, 2.45) is 0 Å². The highest BCUT2D eigenvalue weighted by atomic mass is 16.5. The van der Waals surface area contributed by atoms with E-state index in [-0.39, 0.29) is 23.4 Å². The van der Waals surface area contributed by atoms with Gasteiger partial charge in [-0.05, 0) is 24.3 Å². The van der Waals surface area contributed by atoms with Crippen LogP contribution in [0.3, 0.4) is 0 Å². The maximum absolute atomic E-state index is 11.9. The fourth-order valence-corrected chi connectivity index (χ4v) is 1.36. The predicted molar refractivity (Wildman–Crippen MR) is 64.6 cm³/mol. The number of phenols is 1. The first-order valence-electron chi connectivity index (χ1n) is 5.16. The summed E-state index contributed by atoms with van der Waals surface area (Å²) >= 11 is 0. The van der Waals surface area contributed by atoms with Gasteiger partial charge in [-0.1, -0.05) is 0 Å². The zero-order valence-corrected chi connectivity index (χ0v) is 9.62. The van der Waals surface area contributed by atoms with Crippen LogP contribution < -0.4 is 10.1 Å². The van der Waals surface area contributed by atoms with Crippen LogP contribution in [0.4, 0.5) is 5.95 Å². The summed E-state index contributed by atoms with van der Waals surface area (Å²) in [5.74, 6) is 0.0516. The second-order valence-corrected chi connectivity index (χ2v) is 3.41. The quantitative estimate of drug-likeness (QED) is 0.854. The molecule has 1 aromatic heterocycles. The molecule has 0 saturated carbocycles. The maximum Gasteiger partial charge on any atom is 0.258 e. The minimum atomic E-state index is -0.375. The van der Waals surface area contributed by atoms with Crippen LogP contribution in [0.1, 0.15) is 10.4 Å². The molecule has 0 saturated heterocycles. The van der Waals surface area contributed by atoms with Crippen LogP contribution in [0, 0.1) is 0 Å². The SMILES string of the molecule is COc1cc(C(=O)Nc2ncccn2)ccc1O. The number of anilines is 1. The van der Waals surface area contributed by atoms with E-state index in [0.717, 1.165) is 0 Å². The Labute approximate surface area is 103 Å². The number of rotatable bonds is 3. The molecule has 0 atom stereocenters. The van der Waals surface area contributed by atoms with Crippen molar-refractivity contribution in [2.75, 3.05) is 12.4 Å². The Kier molecular flexibility index (Phi) is 3.38. The van der Waals surface area contributed by atoms with Gasteiger partial charge in [-0.3, -0.25) is 10.1 Å². The lowest BCUT2D eigenvalue weighted by Gasteiger charge is -2.06. The average molecular weight is 245 g/mol. The Bertz CT molecular complexity index is 558. The summed E-state index contributed by atoms with van der Waals surface area (Å²) in [6.45, 7) is 0. The van der Waals surface area contributed by atoms with Crippen molar-refractivity contribution in [1.29, 1.82) is 0 Å². The van der Waals surface area contributed by atoms with E-state index >= 15 is 0 Å². The summed E-state index contributed by atoms with van der Waals surface area (Å²) in [4.78, 5) is 19.6. The lowest BCUT2D eigenvalue weighted by molar-refractivity contribution is 0.102. The number of methoxy groups -OCH3 is 1. The first kappa shape index (κ1) is 11.8. The number of ether oxygens (including phenoxy) is 1. The number of nitrogens with zero attached hydrogens (tertiary/aromatic N) is 2. The third-order valence-electron chi connectivity index (χ3n) is 2.23. The minimum Gasteiger partial charge on any atom is -0.504 e. The molecule has 1 heterocycles. The molecule has 1 amide bonds. The van der Waals surface area contributed by atoms with Crippen LogP contribution in [0.15, 0.2) is 36.7 Å². The van der Waals surface area contributed by atoms with E-state index in [1.54, 1.807) is 6.07 Å². The number of hydrogen-bond donors (Lipinski definition) is 2. The van der Waals surface area contributed by atoms with Gasteiger partial charge in [0, 0.05) is 18.0 Å². The van der Waals surface area contributed by atoms with Crippen molar-refractivity contribution in [2.45, 2.75) is 0 Å². The molecule has 2 rings (SSSR count). The second kappa shape index (κ2) is 5.13. The summed E-state index contributed by atoms with van der Waals surface area (Å²) in [7, 11) is 1.41. The lowest BCUT2D eigenvalue weighted by Crippen LogP contribution is -2.13. The van der Waals surface area contributed by atoms with Crippen LogP contribution in [-0.4, -0.2) is 28.1 Å². The van der Waals surface area contributed by atoms with E-state index in [1.165, 1.54) is 37.7 Å². The van der Waals surface area contributed by atoms with Gasteiger partial charge in [0.05, 0.1) is 7.11 Å². The van der Waals surface area contributed by atoms with Gasteiger partial charge in [-0.2, -0.15) is 0 Å². The van der Waals surface area contributed by atoms with Gasteiger partial charge in [0.2, 0.25) is 5.95 Å². The fourth-order valence-electron chi connectivity index (χ4n) is 1.36. The first-order chi connectivity index (χ1) is 8.70. The number of benzene rings is 1. The molecule has 6 nitrogen and oxygen atoms in total. The third kappa shape index (κ3) is 2.54. The third-order valence-corrected chi connectivity index (χ3v) is 2.23. The molecule has 0 unspecified atom stereocenters. The number of hydrogen-bond acceptors (Lipinski definition) is 5. The van der Waals surface area contributed by atoms with Crippen molar-refractivity contribution in [3.05, 3.63) is 42.2 Å². The molecule has 0 aliphatic carbocycles. The molecule has 0 aliphatic heterocycles. The van der Waals surface area contributed by atoms with Crippen molar-refractivity contribution in [1.82, 2.24) is 9.97 Å². The standard InChI is InChI=1S/C12H11N3O3/c1-18-10-7-8(3-4-9(10)16)11(17)15-12-13-5-2-6-14-12/h2-7,16H,1H3,(H,13,14,15,17). The molecule has 2 aromatic rings. The predicted octanol–water partition coefficient (Wildman–Crippen LogP) is 1.44. The Balaban J connectivity index is 2.19. The van der Waals surface area contributed by atoms with Crippen molar-refractivity contribution >= 4 is 11.9 Å². The van der Waals surface area contributed by atoms with Gasteiger partial charge in [0.1, 0.15) is 0 Å². The van der Waals surface area contributed by atoms with Crippen LogP contribution in [-0.2, 0) is 0 Å². The monoisotopic (exact) mass is 245 g/mol. The van der Waals surface area contributed by atoms with Gasteiger partial charge < -0.3 is 9.84 Å². The number of aromatic hydroxyl groups is 1. The highest BCUT2D eigenvalue weighted by Gasteiger charge is 2.10. The van der Waals surface area contributed by atoms with Gasteiger partial charge in [-0.15, -0.1) is 0 Å². The van der Waals surface area contributed by atoms with Gasteiger partial charge >= 0.3 is 0 Å². The largest absolute Gasteiger partial charge is 0.504 e. The highest BCUT2D eigenvalue weighted by Crippen LogP contribution is 2.26. The molecule has 18 heavy (non-hydrogen) atoms. The number of carbonyl (C=O) groups is 1. The molecule has 2 N–H and O–H groups in total. The summed E-state index contributed by atoms with van der Waals surface area (Å²) in [5, 5.41) is 12.0. The Morgan fingerprint density at radius 1 is 1.33 bits per heavy atom. The van der Waals surface area contributed by atoms with E-state index in [4.69, 9.17) is 4.74 Å². The van der Waals surface area contributed by atoms with Crippen molar-refractivity contribution < 1.29 is 14.6 Å². The van der Waals surface area contributed by atoms with Crippen molar-refractivity contribution in [3.63, 3.8) is 0 Å². The Morgan fingerprint density at radius 3 is 2.72 bits per heavy atom. The zero-order chi connectivity index (χ0) is 13.0. The van der Waals surface area contributed by atoms with Crippen LogP contribution in [0.25, 0.3) is 0 Å². The van der Waals surface area contributed by atoms with E-state index in [1.807, 2.05) is 0 Å². The fraction of sp³-hybridized carbons (Fsp3) is 0.0833. The lowest BCUT2D eigenvalue weighted by atomic mass is 10.2. The summed E-state index contributed by atoms with van der Waals surface area (Å²) in [5.41, 5.74) is 0.345. The van der Waals surface area contributed by atoms with Crippen LogP contribution >= 0.6 is 0 Å². The second-order valence-electron chi connectivity index (χ2n) is 3.41. The van der Waals surface area contributed by atoms with E-state index in [9.17, 15) is 9.90 Å².